The van der Waals surface area contributed by atoms with Crippen molar-refractivity contribution in [3.8, 4) is 11.9 Å². The molecule has 1 saturated carbocycles. The molecule has 6 rings (SSSR count). The number of carbonyl (C=O) groups is 1. The molecular weight excluding hydrogens is 483 g/mol. The zero-order valence-electron chi connectivity index (χ0n) is 21.8. The number of benzene rings is 1. The smallest absolute Gasteiger partial charge is 0.356 e. The molecule has 3 aromatic rings. The van der Waals surface area contributed by atoms with Gasteiger partial charge in [0.2, 0.25) is 0 Å². The van der Waals surface area contributed by atoms with Crippen LogP contribution in [0.3, 0.4) is 0 Å². The van der Waals surface area contributed by atoms with Crippen molar-refractivity contribution in [1.82, 2.24) is 19.7 Å². The SMILES string of the molecule is COC(=O)c1cc(N2CCC(C3CCN(C#N)CC3)CC2)c2c(C3CCC3)nn(-c3ccc(F)cc3)c2n1. The molecule has 0 unspecified atom stereocenters. The van der Waals surface area contributed by atoms with Crippen LogP contribution in [0.25, 0.3) is 16.7 Å². The third-order valence-corrected chi connectivity index (χ3v) is 8.83. The molecule has 2 aromatic heterocycles. The van der Waals surface area contributed by atoms with Gasteiger partial charge in [-0.25, -0.2) is 18.9 Å². The molecule has 1 aliphatic carbocycles. The number of hydrogen-bond acceptors (Lipinski definition) is 7. The quantitative estimate of drug-likeness (QED) is 0.347. The Hall–Kier alpha value is -3.67. The summed E-state index contributed by atoms with van der Waals surface area (Å²) in [7, 11) is 1.37. The molecule has 8 nitrogen and oxygen atoms in total. The molecule has 3 aliphatic rings. The van der Waals surface area contributed by atoms with Gasteiger partial charge in [0, 0.05) is 32.1 Å². The lowest BCUT2D eigenvalue weighted by Gasteiger charge is -2.40. The molecule has 0 spiro atoms. The summed E-state index contributed by atoms with van der Waals surface area (Å²) < 4.78 is 20.5. The first-order valence-corrected chi connectivity index (χ1v) is 13.7. The Morgan fingerprint density at radius 3 is 2.26 bits per heavy atom. The largest absolute Gasteiger partial charge is 0.464 e. The number of ether oxygens (including phenoxy) is 1. The normalized spacial score (nSPS) is 19.4. The van der Waals surface area contributed by atoms with Crippen molar-refractivity contribution in [2.24, 2.45) is 11.8 Å². The van der Waals surface area contributed by atoms with E-state index in [-0.39, 0.29) is 11.5 Å². The second-order valence-electron chi connectivity index (χ2n) is 10.9. The number of nitrogens with zero attached hydrogens (tertiary/aromatic N) is 6. The average Bonchev–Trinajstić information content (AvgIpc) is 3.30. The monoisotopic (exact) mass is 516 g/mol. The van der Waals surface area contributed by atoms with Gasteiger partial charge in [-0.05, 0) is 80.7 Å². The summed E-state index contributed by atoms with van der Waals surface area (Å²) in [6.07, 6.45) is 9.96. The van der Waals surface area contributed by atoms with E-state index in [9.17, 15) is 14.4 Å². The van der Waals surface area contributed by atoms with Crippen molar-refractivity contribution >= 4 is 22.7 Å². The number of nitriles is 1. The van der Waals surface area contributed by atoms with E-state index in [1.54, 1.807) is 16.8 Å². The maximum atomic E-state index is 13.7. The van der Waals surface area contributed by atoms with Crippen LogP contribution in [0.1, 0.15) is 67.0 Å². The van der Waals surface area contributed by atoms with Crippen LogP contribution in [0.4, 0.5) is 10.1 Å². The fraction of sp³-hybridized carbons (Fsp3) is 0.517. The fourth-order valence-electron chi connectivity index (χ4n) is 6.39. The molecule has 0 N–H and O–H groups in total. The lowest BCUT2D eigenvalue weighted by atomic mass is 9.78. The Balaban J connectivity index is 1.37. The first-order valence-electron chi connectivity index (χ1n) is 13.7. The highest BCUT2D eigenvalue weighted by molar-refractivity contribution is 5.99. The van der Waals surface area contributed by atoms with Crippen molar-refractivity contribution in [2.45, 2.75) is 50.9 Å². The maximum absolute atomic E-state index is 13.7. The van der Waals surface area contributed by atoms with E-state index in [1.165, 1.54) is 25.7 Å². The van der Waals surface area contributed by atoms with Crippen LogP contribution >= 0.6 is 0 Å². The second-order valence-corrected chi connectivity index (χ2v) is 10.9. The number of aromatic nitrogens is 3. The van der Waals surface area contributed by atoms with Crippen LogP contribution < -0.4 is 4.90 Å². The fourth-order valence-corrected chi connectivity index (χ4v) is 6.39. The summed E-state index contributed by atoms with van der Waals surface area (Å²) in [6, 6.07) is 8.10. The summed E-state index contributed by atoms with van der Waals surface area (Å²) in [5.74, 6) is 0.875. The van der Waals surface area contributed by atoms with E-state index in [1.807, 2.05) is 11.0 Å². The molecule has 9 heteroatoms. The number of hydrogen-bond donors (Lipinski definition) is 0. The molecule has 0 amide bonds. The molecule has 198 valence electrons. The Kier molecular flexibility index (Phi) is 6.64. The number of rotatable bonds is 5. The molecule has 0 bridgehead atoms. The number of fused-ring (bicyclic) bond motifs is 1. The van der Waals surface area contributed by atoms with E-state index in [4.69, 9.17) is 14.8 Å². The number of likely N-dealkylation sites (tertiary alicyclic amines) is 1. The topological polar surface area (TPSA) is 87.3 Å². The molecule has 3 fully saturated rings. The zero-order valence-corrected chi connectivity index (χ0v) is 21.8. The van der Waals surface area contributed by atoms with Crippen LogP contribution in [0.5, 0.6) is 0 Å². The van der Waals surface area contributed by atoms with Gasteiger partial charge in [-0.2, -0.15) is 10.4 Å². The van der Waals surface area contributed by atoms with Gasteiger partial charge in [0.05, 0.1) is 29.6 Å². The van der Waals surface area contributed by atoms with Crippen molar-refractivity contribution in [3.63, 3.8) is 0 Å². The lowest BCUT2D eigenvalue weighted by molar-refractivity contribution is 0.0594. The minimum absolute atomic E-state index is 0.254. The van der Waals surface area contributed by atoms with Gasteiger partial charge >= 0.3 is 5.97 Å². The maximum Gasteiger partial charge on any atom is 0.356 e. The van der Waals surface area contributed by atoms with E-state index < -0.39 is 5.97 Å². The van der Waals surface area contributed by atoms with Crippen LogP contribution in [0.15, 0.2) is 30.3 Å². The lowest BCUT2D eigenvalue weighted by Crippen LogP contribution is -2.40. The molecule has 0 atom stereocenters. The molecule has 2 saturated heterocycles. The summed E-state index contributed by atoms with van der Waals surface area (Å²) in [4.78, 5) is 21.7. The third-order valence-electron chi connectivity index (χ3n) is 8.83. The minimum atomic E-state index is -0.482. The number of piperidine rings is 2. The third kappa shape index (κ3) is 4.46. The highest BCUT2D eigenvalue weighted by Crippen LogP contribution is 2.44. The number of halogens is 1. The Morgan fingerprint density at radius 2 is 1.68 bits per heavy atom. The van der Waals surface area contributed by atoms with Gasteiger partial charge in [-0.15, -0.1) is 0 Å². The molecular formula is C29H33FN6O2. The molecule has 38 heavy (non-hydrogen) atoms. The zero-order chi connectivity index (χ0) is 26.2. The molecule has 2 aliphatic heterocycles. The highest BCUT2D eigenvalue weighted by atomic mass is 19.1. The number of methoxy groups -OCH3 is 1. The van der Waals surface area contributed by atoms with Gasteiger partial charge in [0.1, 0.15) is 5.82 Å². The van der Waals surface area contributed by atoms with Crippen LogP contribution in [0, 0.1) is 29.1 Å². The van der Waals surface area contributed by atoms with Gasteiger partial charge in [-0.3, -0.25) is 0 Å². The molecule has 4 heterocycles. The van der Waals surface area contributed by atoms with Gasteiger partial charge in [-0.1, -0.05) is 6.42 Å². The van der Waals surface area contributed by atoms with E-state index in [0.29, 0.717) is 29.1 Å². The molecule has 1 aromatic carbocycles. The summed E-state index contributed by atoms with van der Waals surface area (Å²) >= 11 is 0. The van der Waals surface area contributed by atoms with E-state index >= 15 is 0 Å². The molecule has 0 radical (unpaired) electrons. The highest BCUT2D eigenvalue weighted by Gasteiger charge is 2.33. The predicted octanol–water partition coefficient (Wildman–Crippen LogP) is 5.02. The van der Waals surface area contributed by atoms with Crippen LogP contribution in [-0.2, 0) is 4.74 Å². The van der Waals surface area contributed by atoms with Crippen molar-refractivity contribution in [2.75, 3.05) is 38.2 Å². The minimum Gasteiger partial charge on any atom is -0.464 e. The Morgan fingerprint density at radius 1 is 1.03 bits per heavy atom. The van der Waals surface area contributed by atoms with Crippen molar-refractivity contribution in [3.05, 3.63) is 47.5 Å². The van der Waals surface area contributed by atoms with Crippen LogP contribution in [0.2, 0.25) is 0 Å². The van der Waals surface area contributed by atoms with Crippen LogP contribution in [-0.4, -0.2) is 58.9 Å². The Labute approximate surface area is 222 Å². The summed E-state index contributed by atoms with van der Waals surface area (Å²) in [5.41, 5.74) is 3.58. The number of pyridine rings is 1. The van der Waals surface area contributed by atoms with Crippen molar-refractivity contribution in [1.29, 1.82) is 5.26 Å². The van der Waals surface area contributed by atoms with Gasteiger partial charge in [0.25, 0.3) is 0 Å². The number of esters is 1. The summed E-state index contributed by atoms with van der Waals surface area (Å²) in [5, 5.41) is 15.2. The standard InChI is InChI=1S/C29H33FN6O2/c1-38-29(37)24-17-25(35-15-11-20(12-16-35)19-9-13-34(18-31)14-10-19)26-27(21-3-2-4-21)33-36(28(26)32-24)23-7-5-22(30)6-8-23/h5-8,17,19-21H,2-4,9-16H2,1H3. The Bertz CT molecular complexity index is 1360. The average molecular weight is 517 g/mol. The van der Waals surface area contributed by atoms with E-state index in [2.05, 4.69) is 11.1 Å². The first-order chi connectivity index (χ1) is 18.6. The first kappa shape index (κ1) is 24.7. The van der Waals surface area contributed by atoms with Gasteiger partial charge < -0.3 is 14.5 Å². The predicted molar refractivity (Wildman–Crippen MR) is 142 cm³/mol. The van der Waals surface area contributed by atoms with E-state index in [0.717, 1.165) is 81.5 Å². The number of anilines is 1. The van der Waals surface area contributed by atoms with Gasteiger partial charge in [0.15, 0.2) is 17.5 Å². The summed E-state index contributed by atoms with van der Waals surface area (Å²) in [6.45, 7) is 3.52. The second kappa shape index (κ2) is 10.2. The van der Waals surface area contributed by atoms with Crippen molar-refractivity contribution < 1.29 is 13.9 Å². The number of carbonyl (C=O) groups excluding carboxylic acids is 1.